The fourth-order valence-corrected chi connectivity index (χ4v) is 2.83. The van der Waals surface area contributed by atoms with Crippen molar-refractivity contribution in [1.82, 2.24) is 4.90 Å². The van der Waals surface area contributed by atoms with Gasteiger partial charge in [-0.05, 0) is 49.4 Å². The number of nitrogens with zero attached hydrogens (tertiary/aromatic N) is 1. The van der Waals surface area contributed by atoms with Gasteiger partial charge in [-0.15, -0.1) is 0 Å². The zero-order chi connectivity index (χ0) is 15.2. The second kappa shape index (κ2) is 7.57. The van der Waals surface area contributed by atoms with E-state index in [4.69, 9.17) is 0 Å². The zero-order valence-electron chi connectivity index (χ0n) is 13.0. The van der Waals surface area contributed by atoms with E-state index in [0.717, 1.165) is 31.5 Å². The van der Waals surface area contributed by atoms with Gasteiger partial charge >= 0.3 is 0 Å². The minimum absolute atomic E-state index is 0.00774. The van der Waals surface area contributed by atoms with E-state index in [2.05, 4.69) is 36.2 Å². The highest BCUT2D eigenvalue weighted by Crippen LogP contribution is 2.21. The van der Waals surface area contributed by atoms with Crippen LogP contribution in [0.1, 0.15) is 44.6 Å². The molecule has 2 atom stereocenters. The predicted molar refractivity (Wildman–Crippen MR) is 85.5 cm³/mol. The molecule has 1 amide bonds. The van der Waals surface area contributed by atoms with Gasteiger partial charge < -0.3 is 10.4 Å². The molecule has 1 fully saturated rings. The third kappa shape index (κ3) is 4.29. The highest BCUT2D eigenvalue weighted by molar-refractivity contribution is 5.92. The Morgan fingerprint density at radius 1 is 1.43 bits per heavy atom. The lowest BCUT2D eigenvalue weighted by atomic mass is 9.99. The van der Waals surface area contributed by atoms with Gasteiger partial charge in [0.15, 0.2) is 0 Å². The molecule has 0 saturated carbocycles. The molecule has 0 aromatic heterocycles. The first-order valence-electron chi connectivity index (χ1n) is 7.88. The summed E-state index contributed by atoms with van der Waals surface area (Å²) in [5.41, 5.74) is 2.14. The molecule has 4 nitrogen and oxygen atoms in total. The van der Waals surface area contributed by atoms with Crippen LogP contribution in [0, 0.1) is 0 Å². The number of carbonyl (C=O) groups is 1. The summed E-state index contributed by atoms with van der Waals surface area (Å²) in [7, 11) is 0. The number of nitrogens with one attached hydrogen (secondary N) is 1. The maximum Gasteiger partial charge on any atom is 0.238 e. The predicted octanol–water partition coefficient (Wildman–Crippen LogP) is 2.60. The Kier molecular flexibility index (Phi) is 5.76. The average molecular weight is 290 g/mol. The molecule has 1 aromatic carbocycles. The van der Waals surface area contributed by atoms with Crippen LogP contribution in [-0.2, 0) is 4.79 Å². The van der Waals surface area contributed by atoms with Crippen molar-refractivity contribution in [3.05, 3.63) is 29.8 Å². The molecular weight excluding hydrogens is 264 g/mol. The lowest BCUT2D eigenvalue weighted by Crippen LogP contribution is -2.38. The molecule has 1 aliphatic rings. The molecule has 0 radical (unpaired) electrons. The number of anilines is 1. The number of aliphatic hydroxyl groups excluding tert-OH is 1. The van der Waals surface area contributed by atoms with E-state index < -0.39 is 0 Å². The van der Waals surface area contributed by atoms with Gasteiger partial charge in [0.25, 0.3) is 0 Å². The quantitative estimate of drug-likeness (QED) is 0.846. The number of amides is 1. The fourth-order valence-electron chi connectivity index (χ4n) is 2.83. The zero-order valence-corrected chi connectivity index (χ0v) is 13.0. The van der Waals surface area contributed by atoms with E-state index in [1.807, 2.05) is 12.1 Å². The Morgan fingerprint density at radius 2 is 2.14 bits per heavy atom. The van der Waals surface area contributed by atoms with Crippen molar-refractivity contribution in [2.45, 2.75) is 45.1 Å². The number of hydrogen-bond acceptors (Lipinski definition) is 3. The molecule has 0 bridgehead atoms. The topological polar surface area (TPSA) is 52.6 Å². The molecule has 21 heavy (non-hydrogen) atoms. The van der Waals surface area contributed by atoms with Crippen LogP contribution in [0.3, 0.4) is 0 Å². The van der Waals surface area contributed by atoms with E-state index in [1.165, 1.54) is 5.56 Å². The molecule has 116 valence electrons. The Bertz CT molecular complexity index is 458. The molecule has 1 unspecified atom stereocenters. The van der Waals surface area contributed by atoms with Crippen molar-refractivity contribution < 1.29 is 9.90 Å². The van der Waals surface area contributed by atoms with Crippen LogP contribution in [0.4, 0.5) is 5.69 Å². The summed E-state index contributed by atoms with van der Waals surface area (Å²) >= 11 is 0. The van der Waals surface area contributed by atoms with E-state index in [1.54, 1.807) is 0 Å². The normalized spacial score (nSPS) is 20.4. The van der Waals surface area contributed by atoms with E-state index >= 15 is 0 Å². The standard InChI is InChI=1S/C17H26N2O2/c1-3-13(2)14-6-8-15(9-7-14)18-17(21)11-19-10-4-5-16(19)12-20/h6-9,13,16,20H,3-5,10-12H2,1-2H3,(H,18,21)/t13?,16-/m1/s1. The van der Waals surface area contributed by atoms with Gasteiger partial charge in [-0.2, -0.15) is 0 Å². The number of benzene rings is 1. The number of rotatable bonds is 6. The van der Waals surface area contributed by atoms with Crippen LogP contribution in [-0.4, -0.2) is 41.7 Å². The summed E-state index contributed by atoms with van der Waals surface area (Å²) < 4.78 is 0. The summed E-state index contributed by atoms with van der Waals surface area (Å²) in [5.74, 6) is 0.538. The Hall–Kier alpha value is -1.39. The van der Waals surface area contributed by atoms with Crippen LogP contribution in [0.2, 0.25) is 0 Å². The Labute approximate surface area is 127 Å². The summed E-state index contributed by atoms with van der Waals surface area (Å²) in [6.45, 7) is 5.77. The van der Waals surface area contributed by atoms with Crippen molar-refractivity contribution >= 4 is 11.6 Å². The summed E-state index contributed by atoms with van der Waals surface area (Å²) in [6.07, 6.45) is 3.15. The smallest absolute Gasteiger partial charge is 0.238 e. The third-order valence-electron chi connectivity index (χ3n) is 4.43. The lowest BCUT2D eigenvalue weighted by molar-refractivity contribution is -0.117. The number of aliphatic hydroxyl groups is 1. The van der Waals surface area contributed by atoms with Crippen molar-refractivity contribution in [2.24, 2.45) is 0 Å². The number of hydrogen-bond donors (Lipinski definition) is 2. The van der Waals surface area contributed by atoms with Gasteiger partial charge in [-0.25, -0.2) is 0 Å². The van der Waals surface area contributed by atoms with Gasteiger partial charge in [0.05, 0.1) is 13.2 Å². The van der Waals surface area contributed by atoms with Crippen molar-refractivity contribution in [2.75, 3.05) is 25.0 Å². The maximum absolute atomic E-state index is 12.1. The number of likely N-dealkylation sites (tertiary alicyclic amines) is 1. The summed E-state index contributed by atoms with van der Waals surface area (Å²) in [5, 5.41) is 12.2. The molecule has 1 saturated heterocycles. The van der Waals surface area contributed by atoms with Crippen LogP contribution in [0.25, 0.3) is 0 Å². The first kappa shape index (κ1) is 16.0. The van der Waals surface area contributed by atoms with E-state index in [-0.39, 0.29) is 18.6 Å². The first-order chi connectivity index (χ1) is 10.1. The van der Waals surface area contributed by atoms with Crippen molar-refractivity contribution in [1.29, 1.82) is 0 Å². The highest BCUT2D eigenvalue weighted by Gasteiger charge is 2.25. The first-order valence-corrected chi connectivity index (χ1v) is 7.88. The highest BCUT2D eigenvalue weighted by atomic mass is 16.3. The van der Waals surface area contributed by atoms with Crippen molar-refractivity contribution in [3.63, 3.8) is 0 Å². The van der Waals surface area contributed by atoms with Crippen LogP contribution < -0.4 is 5.32 Å². The van der Waals surface area contributed by atoms with Crippen LogP contribution in [0.15, 0.2) is 24.3 Å². The largest absolute Gasteiger partial charge is 0.395 e. The van der Waals surface area contributed by atoms with Crippen LogP contribution in [0.5, 0.6) is 0 Å². The SMILES string of the molecule is CCC(C)c1ccc(NC(=O)CN2CCC[C@@H]2CO)cc1. The Balaban J connectivity index is 1.87. The van der Waals surface area contributed by atoms with Gasteiger partial charge in [-0.1, -0.05) is 26.0 Å². The maximum atomic E-state index is 12.1. The van der Waals surface area contributed by atoms with Gasteiger partial charge in [0.1, 0.15) is 0 Å². The summed E-state index contributed by atoms with van der Waals surface area (Å²) in [4.78, 5) is 14.1. The molecule has 1 aromatic rings. The van der Waals surface area contributed by atoms with Gasteiger partial charge in [0.2, 0.25) is 5.91 Å². The fraction of sp³-hybridized carbons (Fsp3) is 0.588. The van der Waals surface area contributed by atoms with Gasteiger partial charge in [0, 0.05) is 11.7 Å². The monoisotopic (exact) mass is 290 g/mol. The lowest BCUT2D eigenvalue weighted by Gasteiger charge is -2.21. The van der Waals surface area contributed by atoms with Crippen molar-refractivity contribution in [3.8, 4) is 0 Å². The van der Waals surface area contributed by atoms with Crippen LogP contribution >= 0.6 is 0 Å². The minimum atomic E-state index is -0.00774. The summed E-state index contributed by atoms with van der Waals surface area (Å²) in [6, 6.07) is 8.23. The minimum Gasteiger partial charge on any atom is -0.395 e. The average Bonchev–Trinajstić information content (AvgIpc) is 2.94. The molecule has 1 heterocycles. The molecule has 0 aliphatic carbocycles. The second-order valence-electron chi connectivity index (χ2n) is 5.93. The van der Waals surface area contributed by atoms with Gasteiger partial charge in [-0.3, -0.25) is 9.69 Å². The molecule has 0 spiro atoms. The number of carbonyl (C=O) groups excluding carboxylic acids is 1. The second-order valence-corrected chi connectivity index (χ2v) is 5.93. The molecule has 2 rings (SSSR count). The molecular formula is C17H26N2O2. The third-order valence-corrected chi connectivity index (χ3v) is 4.43. The Morgan fingerprint density at radius 3 is 2.76 bits per heavy atom. The van der Waals surface area contributed by atoms with E-state index in [0.29, 0.717) is 12.5 Å². The molecule has 1 aliphatic heterocycles. The molecule has 4 heteroatoms. The van der Waals surface area contributed by atoms with E-state index in [9.17, 15) is 9.90 Å². The molecule has 2 N–H and O–H groups in total.